The van der Waals surface area contributed by atoms with E-state index < -0.39 is 32.5 Å². The van der Waals surface area contributed by atoms with Crippen molar-refractivity contribution in [1.82, 2.24) is 0 Å². The minimum absolute atomic E-state index is 0.0487. The Labute approximate surface area is 342 Å². The molecule has 0 radical (unpaired) electrons. The number of esters is 2. The Bertz CT molecular complexity index is 1180. The van der Waals surface area contributed by atoms with Gasteiger partial charge in [0.05, 0.1) is 27.7 Å². The van der Waals surface area contributed by atoms with Crippen LogP contribution in [0.15, 0.2) is 72.9 Å². The van der Waals surface area contributed by atoms with E-state index in [1.165, 1.54) is 57.8 Å². The number of unbranched alkanes of at least 4 members (excludes halogenated alkanes) is 12. The predicted molar refractivity (Wildman–Crippen MR) is 231 cm³/mol. The van der Waals surface area contributed by atoms with Crippen LogP contribution in [0.4, 0.5) is 0 Å². The van der Waals surface area contributed by atoms with Crippen molar-refractivity contribution in [3.63, 3.8) is 0 Å². The molecule has 0 aliphatic rings. The molecule has 10 heteroatoms. The molecule has 0 bridgehead atoms. The molecule has 0 rings (SSSR count). The van der Waals surface area contributed by atoms with Gasteiger partial charge < -0.3 is 27.9 Å². The summed E-state index contributed by atoms with van der Waals surface area (Å²) in [5.41, 5.74) is 0. The zero-order valence-corrected chi connectivity index (χ0v) is 36.9. The van der Waals surface area contributed by atoms with E-state index in [1.54, 1.807) is 0 Å². The molecule has 0 heterocycles. The summed E-state index contributed by atoms with van der Waals surface area (Å²) >= 11 is 0. The summed E-state index contributed by atoms with van der Waals surface area (Å²) in [5.74, 6) is -0.948. The van der Waals surface area contributed by atoms with Crippen molar-refractivity contribution < 1.29 is 42.1 Å². The first kappa shape index (κ1) is 53.5. The minimum atomic E-state index is -4.65. The van der Waals surface area contributed by atoms with Crippen LogP contribution in [0.1, 0.15) is 155 Å². The van der Waals surface area contributed by atoms with Crippen LogP contribution in [0.2, 0.25) is 0 Å². The second-order valence-electron chi connectivity index (χ2n) is 15.3. The van der Waals surface area contributed by atoms with E-state index in [1.807, 2.05) is 33.3 Å². The standard InChI is InChI=1S/C46H80NO8P/c1-6-8-10-12-14-16-18-20-21-22-23-24-25-27-29-31-33-35-37-39-46(49)55-44(43-54-56(50,51)53-41-40-47(3,4)5)42-52-45(48)38-36-34-32-30-28-26-19-17-15-13-11-9-7-2/h14,16-17,19-21,23-24,27,29,33,35,44H,6-13,15,18,22,25-26,28,30-32,34,36-43H2,1-5H3/b16-14-,19-17-,21-20-,24-23-,29-27-,35-33-/t44-/m1/s1. The van der Waals surface area contributed by atoms with Crippen molar-refractivity contribution in [2.24, 2.45) is 0 Å². The molecule has 0 saturated carbocycles. The number of likely N-dealkylation sites (N-methyl/N-ethyl adjacent to an activating group) is 1. The molecule has 0 aromatic heterocycles. The van der Waals surface area contributed by atoms with Crippen molar-refractivity contribution in [3.05, 3.63) is 72.9 Å². The van der Waals surface area contributed by atoms with Gasteiger partial charge >= 0.3 is 11.9 Å². The van der Waals surface area contributed by atoms with Crippen LogP contribution in [0.3, 0.4) is 0 Å². The number of carbonyl (C=O) groups excluding carboxylic acids is 2. The van der Waals surface area contributed by atoms with E-state index >= 15 is 0 Å². The highest BCUT2D eigenvalue weighted by atomic mass is 31.2. The maximum absolute atomic E-state index is 12.6. The molecule has 0 aliphatic heterocycles. The van der Waals surface area contributed by atoms with Crippen LogP contribution < -0.4 is 4.89 Å². The average molecular weight is 806 g/mol. The molecule has 322 valence electrons. The van der Waals surface area contributed by atoms with Gasteiger partial charge in [-0.15, -0.1) is 0 Å². The highest BCUT2D eigenvalue weighted by molar-refractivity contribution is 7.45. The van der Waals surface area contributed by atoms with Gasteiger partial charge in [-0.1, -0.05) is 138 Å². The molecule has 9 nitrogen and oxygen atoms in total. The van der Waals surface area contributed by atoms with Gasteiger partial charge in [0.2, 0.25) is 0 Å². The smallest absolute Gasteiger partial charge is 0.306 e. The van der Waals surface area contributed by atoms with E-state index in [0.717, 1.165) is 57.8 Å². The summed E-state index contributed by atoms with van der Waals surface area (Å²) in [4.78, 5) is 37.4. The summed E-state index contributed by atoms with van der Waals surface area (Å²) in [6.07, 6.45) is 46.6. The second-order valence-corrected chi connectivity index (χ2v) is 16.8. The Morgan fingerprint density at radius 1 is 0.554 bits per heavy atom. The highest BCUT2D eigenvalue weighted by Gasteiger charge is 2.21. The van der Waals surface area contributed by atoms with E-state index in [2.05, 4.69) is 74.6 Å². The SMILES string of the molecule is CCCCC/C=C\C/C=C\C/C=C\C/C=C\C/C=C\CCC(=O)O[C@H](COC(=O)CCCCCCC/C=C\CCCCCC)COP(=O)([O-])OCC[N+](C)(C)C. The first-order valence-corrected chi connectivity index (χ1v) is 23.1. The second kappa shape index (κ2) is 38.0. The van der Waals surface area contributed by atoms with Gasteiger partial charge in [-0.3, -0.25) is 14.2 Å². The maximum Gasteiger partial charge on any atom is 0.306 e. The number of hydrogen-bond donors (Lipinski definition) is 0. The molecule has 0 fully saturated rings. The third-order valence-corrected chi connectivity index (χ3v) is 9.68. The van der Waals surface area contributed by atoms with E-state index in [9.17, 15) is 19.0 Å². The molecule has 0 spiro atoms. The molecular weight excluding hydrogens is 725 g/mol. The Balaban J connectivity index is 4.53. The van der Waals surface area contributed by atoms with E-state index in [0.29, 0.717) is 23.9 Å². The van der Waals surface area contributed by atoms with Gasteiger partial charge in [0.15, 0.2) is 6.10 Å². The van der Waals surface area contributed by atoms with Gasteiger partial charge in [-0.2, -0.15) is 0 Å². The van der Waals surface area contributed by atoms with Gasteiger partial charge in [0.1, 0.15) is 19.8 Å². The zero-order chi connectivity index (χ0) is 41.4. The lowest BCUT2D eigenvalue weighted by Gasteiger charge is -2.28. The van der Waals surface area contributed by atoms with E-state index in [4.69, 9.17) is 18.5 Å². The monoisotopic (exact) mass is 806 g/mol. The molecule has 0 aromatic rings. The molecular formula is C46H80NO8P. The van der Waals surface area contributed by atoms with E-state index in [-0.39, 0.29) is 26.1 Å². The number of ether oxygens (including phenoxy) is 2. The van der Waals surface area contributed by atoms with Gasteiger partial charge in [0, 0.05) is 12.8 Å². The number of nitrogens with zero attached hydrogens (tertiary/aromatic N) is 1. The molecule has 2 atom stereocenters. The number of phosphoric ester groups is 1. The molecule has 0 N–H and O–H groups in total. The first-order valence-electron chi connectivity index (χ1n) is 21.6. The minimum Gasteiger partial charge on any atom is -0.756 e. The van der Waals surface area contributed by atoms with Crippen molar-refractivity contribution >= 4 is 19.8 Å². The van der Waals surface area contributed by atoms with Crippen molar-refractivity contribution in [1.29, 1.82) is 0 Å². The molecule has 0 aliphatic carbocycles. The molecule has 1 unspecified atom stereocenters. The van der Waals surface area contributed by atoms with Crippen molar-refractivity contribution in [2.75, 3.05) is 47.5 Å². The maximum atomic E-state index is 12.6. The van der Waals surface area contributed by atoms with Crippen molar-refractivity contribution in [2.45, 2.75) is 161 Å². The van der Waals surface area contributed by atoms with Gasteiger partial charge in [-0.05, 0) is 77.0 Å². The highest BCUT2D eigenvalue weighted by Crippen LogP contribution is 2.38. The third kappa shape index (κ3) is 41.1. The fourth-order valence-electron chi connectivity index (χ4n) is 5.28. The Morgan fingerprint density at radius 3 is 1.55 bits per heavy atom. The van der Waals surface area contributed by atoms with Crippen LogP contribution in [0.5, 0.6) is 0 Å². The summed E-state index contributed by atoms with van der Waals surface area (Å²) < 4.78 is 33.7. The fraction of sp³-hybridized carbons (Fsp3) is 0.696. The van der Waals surface area contributed by atoms with Crippen molar-refractivity contribution in [3.8, 4) is 0 Å². The van der Waals surface area contributed by atoms with Gasteiger partial charge in [0.25, 0.3) is 7.82 Å². The summed E-state index contributed by atoms with van der Waals surface area (Å²) in [6.45, 7) is 4.06. The largest absolute Gasteiger partial charge is 0.756 e. The third-order valence-electron chi connectivity index (χ3n) is 8.71. The van der Waals surface area contributed by atoms with Crippen LogP contribution in [0, 0.1) is 0 Å². The molecule has 0 amide bonds. The normalized spacial score (nSPS) is 14.3. The molecule has 56 heavy (non-hydrogen) atoms. The summed E-state index contributed by atoms with van der Waals surface area (Å²) in [5, 5.41) is 0. The number of phosphoric acid groups is 1. The lowest BCUT2D eigenvalue weighted by Crippen LogP contribution is -2.37. The Morgan fingerprint density at radius 2 is 1.00 bits per heavy atom. The lowest BCUT2D eigenvalue weighted by atomic mass is 10.1. The van der Waals surface area contributed by atoms with Crippen LogP contribution in [0.25, 0.3) is 0 Å². The average Bonchev–Trinajstić information content (AvgIpc) is 3.15. The number of quaternary nitrogens is 1. The van der Waals surface area contributed by atoms with Crippen LogP contribution in [-0.4, -0.2) is 70.0 Å². The summed E-state index contributed by atoms with van der Waals surface area (Å²) in [7, 11) is 1.10. The zero-order valence-electron chi connectivity index (χ0n) is 36.1. The van der Waals surface area contributed by atoms with Crippen LogP contribution >= 0.6 is 7.82 Å². The molecule has 0 saturated heterocycles. The molecule has 0 aromatic carbocycles. The Kier molecular flexibility index (Phi) is 36.3. The number of carbonyl (C=O) groups is 2. The predicted octanol–water partition coefficient (Wildman–Crippen LogP) is 11.6. The fourth-order valence-corrected chi connectivity index (χ4v) is 6.01. The quantitative estimate of drug-likeness (QED) is 0.0199. The Hall–Kier alpha value is -2.55. The number of hydrogen-bond acceptors (Lipinski definition) is 8. The van der Waals surface area contributed by atoms with Gasteiger partial charge in [-0.25, -0.2) is 0 Å². The van der Waals surface area contributed by atoms with Crippen LogP contribution in [-0.2, 0) is 32.7 Å². The topological polar surface area (TPSA) is 111 Å². The summed E-state index contributed by atoms with van der Waals surface area (Å²) in [6, 6.07) is 0. The number of rotatable bonds is 38. The lowest BCUT2D eigenvalue weighted by molar-refractivity contribution is -0.870. The first-order chi connectivity index (χ1) is 27.0. The number of allylic oxidation sites excluding steroid dienone is 12.